The lowest BCUT2D eigenvalue weighted by atomic mass is 10.2. The minimum atomic E-state index is -5.04. The van der Waals surface area contributed by atoms with Crippen LogP contribution in [-0.2, 0) is 4.74 Å². The van der Waals surface area contributed by atoms with Crippen LogP contribution in [0.1, 0.15) is 36.5 Å². The topological polar surface area (TPSA) is 26.3 Å². The highest BCUT2D eigenvalue weighted by Gasteiger charge is 2.41. The molecule has 0 N–H and O–H groups in total. The molecule has 0 fully saturated rings. The minimum Gasteiger partial charge on any atom is -0.415 e. The fourth-order valence-corrected chi connectivity index (χ4v) is 1.44. The van der Waals surface area contributed by atoms with Crippen molar-refractivity contribution in [2.45, 2.75) is 32.4 Å². The first-order valence-electron chi connectivity index (χ1n) is 6.09. The molecule has 0 amide bonds. The molecule has 0 saturated carbocycles. The molecule has 6 heteroatoms. The monoisotopic (exact) mass is 290 g/mol. The Balaban J connectivity index is 2.94. The molecule has 1 rings (SSSR count). The highest BCUT2D eigenvalue weighted by atomic mass is 19.4. The lowest BCUT2D eigenvalue weighted by Crippen LogP contribution is -2.20. The number of hydrogen-bond acceptors (Lipinski definition) is 2. The number of ether oxygens (including phenoxy) is 1. The molecule has 0 aliphatic heterocycles. The number of allylic oxidation sites excluding steroid dienone is 2. The summed E-state index contributed by atoms with van der Waals surface area (Å²) in [6.45, 7) is 1.72. The molecule has 0 saturated heterocycles. The van der Waals surface area contributed by atoms with Gasteiger partial charge in [-0.15, -0.1) is 0 Å². The fraction of sp³-hybridized carbons (Fsp3) is 0.357. The van der Waals surface area contributed by atoms with Gasteiger partial charge in [0.15, 0.2) is 0 Å². The molecule has 0 aromatic heterocycles. The second kappa shape index (κ2) is 7.07. The van der Waals surface area contributed by atoms with E-state index >= 15 is 0 Å². The number of rotatable bonds is 5. The van der Waals surface area contributed by atoms with Gasteiger partial charge >= 0.3 is 12.1 Å². The van der Waals surface area contributed by atoms with Gasteiger partial charge in [-0.05, 0) is 18.6 Å². The molecule has 0 bridgehead atoms. The first-order valence-corrected chi connectivity index (χ1v) is 6.09. The van der Waals surface area contributed by atoms with Crippen LogP contribution in [0.5, 0.6) is 0 Å². The zero-order valence-electron chi connectivity index (χ0n) is 10.8. The molecule has 20 heavy (non-hydrogen) atoms. The van der Waals surface area contributed by atoms with Crippen LogP contribution in [0.2, 0.25) is 0 Å². The second-order valence-electron chi connectivity index (χ2n) is 4.09. The van der Waals surface area contributed by atoms with Crippen LogP contribution < -0.4 is 0 Å². The third-order valence-corrected chi connectivity index (χ3v) is 2.46. The van der Waals surface area contributed by atoms with E-state index in [1.807, 2.05) is 0 Å². The smallest absolute Gasteiger partial charge is 0.415 e. The van der Waals surface area contributed by atoms with Crippen molar-refractivity contribution in [3.05, 3.63) is 47.5 Å². The van der Waals surface area contributed by atoms with Gasteiger partial charge in [-0.2, -0.15) is 13.2 Å². The molecule has 1 aromatic carbocycles. The van der Waals surface area contributed by atoms with Gasteiger partial charge in [0.25, 0.3) is 0 Å². The van der Waals surface area contributed by atoms with Gasteiger partial charge in [-0.3, -0.25) is 0 Å². The summed E-state index contributed by atoms with van der Waals surface area (Å²) in [5.74, 6) is -4.55. The lowest BCUT2D eigenvalue weighted by Gasteiger charge is -2.13. The number of carbonyl (C=O) groups excluding carboxylic acids is 1. The molecule has 0 spiro atoms. The van der Waals surface area contributed by atoms with Crippen LogP contribution in [0.15, 0.2) is 41.9 Å². The van der Waals surface area contributed by atoms with Crippen molar-refractivity contribution >= 4 is 5.97 Å². The normalized spacial score (nSPS) is 12.8. The van der Waals surface area contributed by atoms with E-state index in [4.69, 9.17) is 0 Å². The van der Waals surface area contributed by atoms with Crippen molar-refractivity contribution in [3.8, 4) is 0 Å². The number of carbonyl (C=O) groups is 1. The summed E-state index contributed by atoms with van der Waals surface area (Å²) in [4.78, 5) is 11.6. The lowest BCUT2D eigenvalue weighted by molar-refractivity contribution is -0.125. The number of esters is 1. The van der Waals surface area contributed by atoms with Crippen molar-refractivity contribution < 1.29 is 27.1 Å². The number of halogens is 4. The van der Waals surface area contributed by atoms with Crippen LogP contribution in [0, 0.1) is 0 Å². The Hall–Kier alpha value is -1.85. The highest BCUT2D eigenvalue weighted by molar-refractivity contribution is 5.90. The molecule has 1 aromatic rings. The van der Waals surface area contributed by atoms with E-state index in [0.29, 0.717) is 6.42 Å². The molecule has 0 aliphatic carbocycles. The van der Waals surface area contributed by atoms with E-state index in [9.17, 15) is 22.4 Å². The fourth-order valence-electron chi connectivity index (χ4n) is 1.44. The average Bonchev–Trinajstić information content (AvgIpc) is 2.41. The van der Waals surface area contributed by atoms with Gasteiger partial charge in [-0.25, -0.2) is 9.18 Å². The van der Waals surface area contributed by atoms with Crippen molar-refractivity contribution in [1.82, 2.24) is 0 Å². The molecule has 0 heterocycles. The molecule has 2 nitrogen and oxygen atoms in total. The Bertz CT molecular complexity index is 478. The van der Waals surface area contributed by atoms with Crippen molar-refractivity contribution in [1.29, 1.82) is 0 Å². The zero-order valence-corrected chi connectivity index (χ0v) is 10.8. The van der Waals surface area contributed by atoms with Crippen molar-refractivity contribution in [3.63, 3.8) is 0 Å². The standard InChI is InChI=1S/C14H14F4O2/c1-2-3-9-11(15)12(14(16,17)18)20-13(19)10-7-5-4-6-8-10/h4-8H,2-3,9H2,1H3/b12-11+. The first kappa shape index (κ1) is 16.2. The Labute approximate surface area is 114 Å². The van der Waals surface area contributed by atoms with E-state index in [1.165, 1.54) is 24.3 Å². The van der Waals surface area contributed by atoms with Crippen LogP contribution in [-0.4, -0.2) is 12.1 Å². The van der Waals surface area contributed by atoms with Crippen LogP contribution in [0.25, 0.3) is 0 Å². The van der Waals surface area contributed by atoms with Gasteiger partial charge in [-0.1, -0.05) is 31.5 Å². The first-order chi connectivity index (χ1) is 9.36. The summed E-state index contributed by atoms with van der Waals surface area (Å²) in [5, 5.41) is 0. The maximum Gasteiger partial charge on any atom is 0.452 e. The Morgan fingerprint density at radius 2 is 1.80 bits per heavy atom. The largest absolute Gasteiger partial charge is 0.452 e. The highest BCUT2D eigenvalue weighted by Crippen LogP contribution is 2.32. The van der Waals surface area contributed by atoms with Gasteiger partial charge < -0.3 is 4.74 Å². The van der Waals surface area contributed by atoms with Crippen LogP contribution in [0.4, 0.5) is 17.6 Å². The third-order valence-electron chi connectivity index (χ3n) is 2.46. The predicted molar refractivity (Wildman–Crippen MR) is 65.6 cm³/mol. The number of benzene rings is 1. The van der Waals surface area contributed by atoms with Crippen molar-refractivity contribution in [2.24, 2.45) is 0 Å². The summed E-state index contributed by atoms with van der Waals surface area (Å²) >= 11 is 0. The number of hydrogen-bond donors (Lipinski definition) is 0. The maximum absolute atomic E-state index is 13.5. The van der Waals surface area contributed by atoms with Crippen molar-refractivity contribution in [2.75, 3.05) is 0 Å². The van der Waals surface area contributed by atoms with E-state index in [-0.39, 0.29) is 12.0 Å². The Morgan fingerprint density at radius 1 is 1.20 bits per heavy atom. The summed E-state index contributed by atoms with van der Waals surface area (Å²) in [5.41, 5.74) is -0.0717. The van der Waals surface area contributed by atoms with Gasteiger partial charge in [0.05, 0.1) is 5.56 Å². The van der Waals surface area contributed by atoms with E-state index < -0.39 is 30.2 Å². The SMILES string of the molecule is CCCC/C(F)=C(\OC(=O)c1ccccc1)C(F)(F)F. The molecular weight excluding hydrogens is 276 g/mol. The molecule has 0 atom stereocenters. The summed E-state index contributed by atoms with van der Waals surface area (Å²) in [7, 11) is 0. The Kier molecular flexibility index (Phi) is 5.73. The van der Waals surface area contributed by atoms with E-state index in [2.05, 4.69) is 4.74 Å². The quantitative estimate of drug-likeness (QED) is 0.443. The van der Waals surface area contributed by atoms with E-state index in [0.717, 1.165) is 0 Å². The molecule has 0 unspecified atom stereocenters. The molecule has 0 aliphatic rings. The number of unbranched alkanes of at least 4 members (excludes halogenated alkanes) is 1. The van der Waals surface area contributed by atoms with Gasteiger partial charge in [0, 0.05) is 6.42 Å². The summed E-state index contributed by atoms with van der Waals surface area (Å²) < 4.78 is 55.8. The molecular formula is C14H14F4O2. The molecule has 110 valence electrons. The van der Waals surface area contributed by atoms with Gasteiger partial charge in [0.1, 0.15) is 5.83 Å². The zero-order chi connectivity index (χ0) is 15.2. The summed E-state index contributed by atoms with van der Waals surface area (Å²) in [6, 6.07) is 7.13. The Morgan fingerprint density at radius 3 is 2.30 bits per heavy atom. The number of alkyl halides is 3. The third kappa shape index (κ3) is 4.68. The minimum absolute atomic E-state index is 0.0717. The summed E-state index contributed by atoms with van der Waals surface area (Å²) in [6.07, 6.45) is -4.67. The predicted octanol–water partition coefficient (Wildman–Crippen LogP) is 4.78. The van der Waals surface area contributed by atoms with E-state index in [1.54, 1.807) is 13.0 Å². The second-order valence-corrected chi connectivity index (χ2v) is 4.09. The maximum atomic E-state index is 13.5. The van der Waals surface area contributed by atoms with Crippen LogP contribution in [0.3, 0.4) is 0 Å². The van der Waals surface area contributed by atoms with Crippen LogP contribution >= 0.6 is 0 Å². The average molecular weight is 290 g/mol. The molecule has 0 radical (unpaired) electrons. The van der Waals surface area contributed by atoms with Gasteiger partial charge in [0.2, 0.25) is 5.76 Å².